The van der Waals surface area contributed by atoms with E-state index < -0.39 is 17.8 Å². The summed E-state index contributed by atoms with van der Waals surface area (Å²) in [5.74, 6) is -2.87. The van der Waals surface area contributed by atoms with Gasteiger partial charge in [0.15, 0.2) is 11.6 Å². The van der Waals surface area contributed by atoms with E-state index in [0.717, 1.165) is 10.5 Å². The van der Waals surface area contributed by atoms with Crippen LogP contribution in [0.25, 0.3) is 0 Å². The number of aromatic hydroxyl groups is 1. The molecule has 1 aromatic heterocycles. The number of allylic oxidation sites excluding steroid dienone is 6. The molecule has 0 saturated carbocycles. The number of thiophene rings is 1. The van der Waals surface area contributed by atoms with Crippen LogP contribution >= 0.6 is 11.3 Å². The molecule has 0 bridgehead atoms. The maximum Gasteiger partial charge on any atom is 0.234 e. The summed E-state index contributed by atoms with van der Waals surface area (Å²) in [6.07, 6.45) is 3.98. The Bertz CT molecular complexity index is 1400. The summed E-state index contributed by atoms with van der Waals surface area (Å²) in [5.41, 5.74) is 2.55. The van der Waals surface area contributed by atoms with E-state index >= 15 is 0 Å². The van der Waals surface area contributed by atoms with Crippen LogP contribution in [0.5, 0.6) is 5.75 Å². The van der Waals surface area contributed by atoms with Gasteiger partial charge in [0.1, 0.15) is 5.75 Å². The molecule has 2 amide bonds. The van der Waals surface area contributed by atoms with E-state index in [2.05, 4.69) is 0 Å². The number of ketones is 2. The Kier molecular flexibility index (Phi) is 5.00. The number of benzene rings is 1. The van der Waals surface area contributed by atoms with Crippen molar-refractivity contribution in [1.29, 1.82) is 0 Å². The third-order valence-corrected chi connectivity index (χ3v) is 8.66. The number of carbonyl (C=O) groups is 4. The first-order valence-corrected chi connectivity index (χ1v) is 12.6. The molecule has 4 aliphatic rings. The van der Waals surface area contributed by atoms with Crippen molar-refractivity contribution in [3.63, 3.8) is 0 Å². The molecule has 3 aliphatic carbocycles. The number of imide groups is 1. The Labute approximate surface area is 206 Å². The fourth-order valence-corrected chi connectivity index (χ4v) is 6.94. The molecule has 35 heavy (non-hydrogen) atoms. The Hall–Kier alpha value is -3.58. The topological polar surface area (TPSA) is 91.8 Å². The predicted octanol–water partition coefficient (Wildman–Crippen LogP) is 4.08. The van der Waals surface area contributed by atoms with E-state index in [-0.39, 0.29) is 48.0 Å². The highest BCUT2D eigenvalue weighted by Crippen LogP contribution is 2.56. The quantitative estimate of drug-likeness (QED) is 0.402. The number of hydrogen-bond donors (Lipinski definition) is 1. The Morgan fingerprint density at radius 1 is 1.03 bits per heavy atom. The molecule has 1 aliphatic heterocycles. The monoisotopic (exact) mass is 485 g/mol. The average Bonchev–Trinajstić information content (AvgIpc) is 3.44. The summed E-state index contributed by atoms with van der Waals surface area (Å²) in [6.45, 7) is 1.88. The van der Waals surface area contributed by atoms with E-state index in [4.69, 9.17) is 0 Å². The smallest absolute Gasteiger partial charge is 0.234 e. The molecule has 176 valence electrons. The molecule has 4 atom stereocenters. The van der Waals surface area contributed by atoms with Crippen LogP contribution in [-0.2, 0) is 25.7 Å². The van der Waals surface area contributed by atoms with Crippen LogP contribution in [0, 0.1) is 17.8 Å². The van der Waals surface area contributed by atoms with Crippen molar-refractivity contribution >= 4 is 34.7 Å². The van der Waals surface area contributed by atoms with Crippen LogP contribution in [0.2, 0.25) is 0 Å². The SMILES string of the molecule is CC1=CC(=O)C2=C(C[C@@H]3C(=CC[C@@H]4C(=O)N(Cc5cccs5)C(=O)[C@@H]43)[C@@H]2c2ccccc2O)C1=O. The zero-order valence-corrected chi connectivity index (χ0v) is 19.9. The van der Waals surface area contributed by atoms with Gasteiger partial charge in [-0.25, -0.2) is 0 Å². The molecule has 1 fully saturated rings. The predicted molar refractivity (Wildman–Crippen MR) is 129 cm³/mol. The van der Waals surface area contributed by atoms with Crippen molar-refractivity contribution in [3.8, 4) is 5.75 Å². The lowest BCUT2D eigenvalue weighted by Gasteiger charge is -2.42. The minimum Gasteiger partial charge on any atom is -0.508 e. The summed E-state index contributed by atoms with van der Waals surface area (Å²) in [5, 5.41) is 12.6. The van der Waals surface area contributed by atoms with E-state index in [9.17, 15) is 24.3 Å². The summed E-state index contributed by atoms with van der Waals surface area (Å²) < 4.78 is 0. The van der Waals surface area contributed by atoms with E-state index in [1.165, 1.54) is 22.3 Å². The minimum absolute atomic E-state index is 0.0349. The van der Waals surface area contributed by atoms with Crippen LogP contribution in [-0.4, -0.2) is 33.4 Å². The maximum absolute atomic E-state index is 13.7. The molecule has 0 unspecified atom stereocenters. The molecule has 1 N–H and O–H groups in total. The van der Waals surface area contributed by atoms with Gasteiger partial charge in [0.2, 0.25) is 11.8 Å². The zero-order chi connectivity index (χ0) is 24.4. The lowest BCUT2D eigenvalue weighted by molar-refractivity contribution is -0.140. The number of likely N-dealkylation sites (tertiary alicyclic amines) is 1. The van der Waals surface area contributed by atoms with Crippen molar-refractivity contribution in [1.82, 2.24) is 4.90 Å². The molecule has 1 aromatic carbocycles. The number of amides is 2. The lowest BCUT2D eigenvalue weighted by Crippen LogP contribution is -2.39. The number of phenols is 1. The number of phenolic OH excluding ortho intramolecular Hbond substituents is 1. The van der Waals surface area contributed by atoms with Crippen molar-refractivity contribution in [2.75, 3.05) is 0 Å². The highest BCUT2D eigenvalue weighted by atomic mass is 32.1. The van der Waals surface area contributed by atoms with Gasteiger partial charge in [-0.2, -0.15) is 0 Å². The van der Waals surface area contributed by atoms with Gasteiger partial charge in [-0.15, -0.1) is 11.3 Å². The molecule has 6 nitrogen and oxygen atoms in total. The maximum atomic E-state index is 13.7. The zero-order valence-electron chi connectivity index (χ0n) is 19.1. The van der Waals surface area contributed by atoms with E-state index in [0.29, 0.717) is 28.7 Å². The Balaban J connectivity index is 1.47. The first-order chi connectivity index (χ1) is 16.9. The van der Waals surface area contributed by atoms with Gasteiger partial charge >= 0.3 is 0 Å². The van der Waals surface area contributed by atoms with Crippen LogP contribution in [0.15, 0.2) is 76.2 Å². The Morgan fingerprint density at radius 2 is 1.83 bits per heavy atom. The molecule has 6 rings (SSSR count). The standard InChI is InChI=1S/C28H23NO5S/c1-14-11-22(31)25-20(26(14)32)12-19-16(23(25)17-6-2-3-7-21(17)30)8-9-18-24(19)28(34)29(27(18)33)13-15-5-4-10-35-15/h2-8,10-11,18-19,23-24,30H,9,12-13H2,1H3/t18-,19+,23+,24-/m0/s1. The summed E-state index contributed by atoms with van der Waals surface area (Å²) in [6, 6.07) is 10.6. The third kappa shape index (κ3) is 3.22. The minimum atomic E-state index is -0.624. The normalized spacial score (nSPS) is 28.0. The number of rotatable bonds is 3. The second kappa shape index (κ2) is 7.99. The molecule has 7 heteroatoms. The van der Waals surface area contributed by atoms with Gasteiger partial charge in [-0.05, 0) is 49.3 Å². The molecule has 0 radical (unpaired) electrons. The van der Waals surface area contributed by atoms with Crippen LogP contribution < -0.4 is 0 Å². The number of Topliss-reactive ketones (excluding diaryl/α,β-unsaturated/α-hetero) is 1. The highest BCUT2D eigenvalue weighted by molar-refractivity contribution is 7.09. The first-order valence-electron chi connectivity index (χ1n) is 11.7. The van der Waals surface area contributed by atoms with E-state index in [1.54, 1.807) is 31.2 Å². The van der Waals surface area contributed by atoms with Crippen LogP contribution in [0.3, 0.4) is 0 Å². The van der Waals surface area contributed by atoms with Gasteiger partial charge in [0.25, 0.3) is 0 Å². The number of fused-ring (bicyclic) bond motifs is 3. The fraction of sp³-hybridized carbons (Fsp3) is 0.286. The molecular weight excluding hydrogens is 462 g/mol. The second-order valence-corrected chi connectivity index (χ2v) is 10.7. The molecule has 2 heterocycles. The summed E-state index contributed by atoms with van der Waals surface area (Å²) in [7, 11) is 0. The molecule has 2 aromatic rings. The number of carbonyl (C=O) groups excluding carboxylic acids is 4. The molecule has 0 spiro atoms. The van der Waals surface area contributed by atoms with Crippen molar-refractivity contribution in [2.24, 2.45) is 17.8 Å². The average molecular weight is 486 g/mol. The second-order valence-electron chi connectivity index (χ2n) is 9.63. The number of hydrogen-bond acceptors (Lipinski definition) is 6. The van der Waals surface area contributed by atoms with E-state index in [1.807, 2.05) is 23.6 Å². The molecular formula is C28H23NO5S. The van der Waals surface area contributed by atoms with Gasteiger partial charge in [0.05, 0.1) is 18.4 Å². The van der Waals surface area contributed by atoms with Crippen LogP contribution in [0.4, 0.5) is 0 Å². The highest BCUT2D eigenvalue weighted by Gasteiger charge is 2.56. The first kappa shape index (κ1) is 21.9. The van der Waals surface area contributed by atoms with Gasteiger partial charge in [-0.3, -0.25) is 24.1 Å². The lowest BCUT2D eigenvalue weighted by atomic mass is 9.59. The largest absolute Gasteiger partial charge is 0.508 e. The van der Waals surface area contributed by atoms with Crippen LogP contribution in [0.1, 0.15) is 36.1 Å². The Morgan fingerprint density at radius 3 is 2.57 bits per heavy atom. The number of para-hydroxylation sites is 1. The third-order valence-electron chi connectivity index (χ3n) is 7.80. The van der Waals surface area contributed by atoms with Crippen molar-refractivity contribution in [2.45, 2.75) is 32.2 Å². The summed E-state index contributed by atoms with van der Waals surface area (Å²) >= 11 is 1.50. The molecule has 1 saturated heterocycles. The number of nitrogens with zero attached hydrogens (tertiary/aromatic N) is 1. The van der Waals surface area contributed by atoms with Crippen molar-refractivity contribution in [3.05, 3.63) is 86.7 Å². The van der Waals surface area contributed by atoms with Gasteiger partial charge in [-0.1, -0.05) is 35.9 Å². The van der Waals surface area contributed by atoms with Gasteiger partial charge < -0.3 is 5.11 Å². The van der Waals surface area contributed by atoms with Gasteiger partial charge in [0, 0.05) is 33.1 Å². The van der Waals surface area contributed by atoms with Crippen molar-refractivity contribution < 1.29 is 24.3 Å². The summed E-state index contributed by atoms with van der Waals surface area (Å²) in [4.78, 5) is 55.7. The fourth-order valence-electron chi connectivity index (χ4n) is 6.25.